The topological polar surface area (TPSA) is 50.2 Å². The number of hydrogen-bond acceptors (Lipinski definition) is 3. The van der Waals surface area contributed by atoms with Crippen LogP contribution in [0.25, 0.3) is 0 Å². The molecule has 0 aromatic carbocycles. The van der Waals surface area contributed by atoms with Gasteiger partial charge < -0.3 is 14.8 Å². The molecule has 0 saturated carbocycles. The minimum absolute atomic E-state index is 0.213. The van der Waals surface area contributed by atoms with Crippen LogP contribution in [0.5, 0.6) is 0 Å². The van der Waals surface area contributed by atoms with E-state index in [1.165, 1.54) is 12.8 Å². The molecule has 1 fully saturated rings. The highest BCUT2D eigenvalue weighted by Crippen LogP contribution is 2.10. The van der Waals surface area contributed by atoms with Gasteiger partial charge in [-0.15, -0.1) is 0 Å². The average Bonchev–Trinajstić information content (AvgIpc) is 2.65. The maximum atomic E-state index is 12.1. The highest BCUT2D eigenvalue weighted by molar-refractivity contribution is 5.76. The summed E-state index contributed by atoms with van der Waals surface area (Å²) in [4.78, 5) is 18.4. The van der Waals surface area contributed by atoms with Crippen LogP contribution in [0.2, 0.25) is 0 Å². The van der Waals surface area contributed by atoms with Crippen molar-refractivity contribution in [1.29, 1.82) is 0 Å². The minimum atomic E-state index is 0.213. The fraction of sp³-hybridized carbons (Fsp3) is 0.692. The van der Waals surface area contributed by atoms with Crippen LogP contribution in [0, 0.1) is 0 Å². The molecule has 0 radical (unpaired) electrons. The average molecular weight is 250 g/mol. The van der Waals surface area contributed by atoms with Gasteiger partial charge in [0.1, 0.15) is 6.54 Å². The van der Waals surface area contributed by atoms with Crippen LogP contribution in [0.3, 0.4) is 0 Å². The fourth-order valence-corrected chi connectivity index (χ4v) is 2.34. The highest BCUT2D eigenvalue weighted by atomic mass is 16.2. The smallest absolute Gasteiger partial charge is 0.242 e. The highest BCUT2D eigenvalue weighted by Gasteiger charge is 2.15. The maximum absolute atomic E-state index is 12.1. The second-order valence-corrected chi connectivity index (χ2v) is 4.86. The second-order valence-electron chi connectivity index (χ2n) is 4.86. The van der Waals surface area contributed by atoms with Crippen LogP contribution in [-0.2, 0) is 17.9 Å². The van der Waals surface area contributed by atoms with Gasteiger partial charge in [0, 0.05) is 25.8 Å². The van der Waals surface area contributed by atoms with Crippen LogP contribution in [-0.4, -0.2) is 40.5 Å². The molecule has 0 atom stereocenters. The molecule has 18 heavy (non-hydrogen) atoms. The van der Waals surface area contributed by atoms with Crippen molar-refractivity contribution in [2.45, 2.75) is 38.8 Å². The number of aromatic nitrogens is 2. The van der Waals surface area contributed by atoms with Gasteiger partial charge in [0.05, 0.1) is 12.0 Å². The summed E-state index contributed by atoms with van der Waals surface area (Å²) in [6.07, 6.45) is 8.46. The SMILES string of the molecule is CNCc1cn(CC(=O)N2CCCCCC2)cn1. The van der Waals surface area contributed by atoms with Crippen molar-refractivity contribution in [2.24, 2.45) is 0 Å². The molecule has 100 valence electrons. The maximum Gasteiger partial charge on any atom is 0.242 e. The lowest BCUT2D eigenvalue weighted by Crippen LogP contribution is -2.34. The molecule has 5 heteroatoms. The zero-order valence-corrected chi connectivity index (χ0v) is 11.1. The van der Waals surface area contributed by atoms with E-state index in [-0.39, 0.29) is 5.91 Å². The van der Waals surface area contributed by atoms with Crippen molar-refractivity contribution in [3.05, 3.63) is 18.2 Å². The van der Waals surface area contributed by atoms with E-state index >= 15 is 0 Å². The molecule has 1 amide bonds. The molecular weight excluding hydrogens is 228 g/mol. The zero-order valence-electron chi connectivity index (χ0n) is 11.1. The first-order valence-corrected chi connectivity index (χ1v) is 6.72. The van der Waals surface area contributed by atoms with Gasteiger partial charge in [-0.05, 0) is 19.9 Å². The number of imidazole rings is 1. The minimum Gasteiger partial charge on any atom is -0.341 e. The molecule has 0 bridgehead atoms. The third-order valence-electron chi connectivity index (χ3n) is 3.32. The lowest BCUT2D eigenvalue weighted by Gasteiger charge is -2.20. The molecule has 1 aromatic rings. The first-order valence-electron chi connectivity index (χ1n) is 6.72. The third-order valence-corrected chi connectivity index (χ3v) is 3.32. The van der Waals surface area contributed by atoms with Gasteiger partial charge in [-0.3, -0.25) is 4.79 Å². The normalized spacial score (nSPS) is 16.6. The molecule has 0 aliphatic carbocycles. The molecule has 1 aliphatic heterocycles. The van der Waals surface area contributed by atoms with E-state index in [0.29, 0.717) is 6.54 Å². The van der Waals surface area contributed by atoms with Crippen molar-refractivity contribution in [2.75, 3.05) is 20.1 Å². The van der Waals surface area contributed by atoms with Gasteiger partial charge in [0.2, 0.25) is 5.91 Å². The summed E-state index contributed by atoms with van der Waals surface area (Å²) in [5.74, 6) is 0.213. The standard InChI is InChI=1S/C13H22N4O/c1-14-8-12-9-16(11-15-12)10-13(18)17-6-4-2-3-5-7-17/h9,11,14H,2-8,10H2,1H3. The van der Waals surface area contributed by atoms with Crippen LogP contribution in [0.1, 0.15) is 31.4 Å². The Morgan fingerprint density at radius 2 is 2.06 bits per heavy atom. The van der Waals surface area contributed by atoms with Crippen molar-refractivity contribution in [3.63, 3.8) is 0 Å². The van der Waals surface area contributed by atoms with Crippen LogP contribution in [0.4, 0.5) is 0 Å². The summed E-state index contributed by atoms with van der Waals surface area (Å²) >= 11 is 0. The number of nitrogens with zero attached hydrogens (tertiary/aromatic N) is 3. The third kappa shape index (κ3) is 3.57. The van der Waals surface area contributed by atoms with Gasteiger partial charge in [-0.25, -0.2) is 4.98 Å². The molecule has 1 aliphatic rings. The lowest BCUT2D eigenvalue weighted by atomic mass is 10.2. The van der Waals surface area contributed by atoms with Gasteiger partial charge >= 0.3 is 0 Å². The number of hydrogen-bond donors (Lipinski definition) is 1. The molecule has 0 unspecified atom stereocenters. The van der Waals surface area contributed by atoms with E-state index in [0.717, 1.165) is 38.2 Å². The molecule has 1 aromatic heterocycles. The summed E-state index contributed by atoms with van der Waals surface area (Å²) in [7, 11) is 1.89. The summed E-state index contributed by atoms with van der Waals surface area (Å²) in [6.45, 7) is 2.98. The molecule has 0 spiro atoms. The molecule has 5 nitrogen and oxygen atoms in total. The Morgan fingerprint density at radius 3 is 2.72 bits per heavy atom. The Morgan fingerprint density at radius 1 is 1.33 bits per heavy atom. The number of amides is 1. The van der Waals surface area contributed by atoms with Crippen molar-refractivity contribution >= 4 is 5.91 Å². The number of likely N-dealkylation sites (tertiary alicyclic amines) is 1. The van der Waals surface area contributed by atoms with Gasteiger partial charge in [-0.2, -0.15) is 0 Å². The number of carbonyl (C=O) groups excluding carboxylic acids is 1. The van der Waals surface area contributed by atoms with E-state index in [1.807, 2.05) is 22.7 Å². The Labute approximate surface area is 108 Å². The predicted molar refractivity (Wildman–Crippen MR) is 70.0 cm³/mol. The van der Waals surface area contributed by atoms with E-state index in [9.17, 15) is 4.79 Å². The molecule has 1 saturated heterocycles. The Kier molecular flexibility index (Phi) is 4.75. The lowest BCUT2D eigenvalue weighted by molar-refractivity contribution is -0.131. The molecule has 2 rings (SSSR count). The summed E-state index contributed by atoms with van der Waals surface area (Å²) in [5.41, 5.74) is 0.973. The largest absolute Gasteiger partial charge is 0.341 e. The Hall–Kier alpha value is -1.36. The number of rotatable bonds is 4. The van der Waals surface area contributed by atoms with E-state index in [1.54, 1.807) is 6.33 Å². The Balaban J connectivity index is 1.88. The molecule has 2 heterocycles. The van der Waals surface area contributed by atoms with E-state index in [2.05, 4.69) is 10.3 Å². The van der Waals surface area contributed by atoms with Crippen LogP contribution < -0.4 is 5.32 Å². The van der Waals surface area contributed by atoms with Crippen LogP contribution in [0.15, 0.2) is 12.5 Å². The van der Waals surface area contributed by atoms with E-state index in [4.69, 9.17) is 0 Å². The summed E-state index contributed by atoms with van der Waals surface area (Å²) in [6, 6.07) is 0. The fourth-order valence-electron chi connectivity index (χ4n) is 2.34. The summed E-state index contributed by atoms with van der Waals surface area (Å²) < 4.78 is 1.87. The quantitative estimate of drug-likeness (QED) is 0.867. The predicted octanol–water partition coefficient (Wildman–Crippen LogP) is 1.01. The van der Waals surface area contributed by atoms with Crippen molar-refractivity contribution in [1.82, 2.24) is 19.8 Å². The monoisotopic (exact) mass is 250 g/mol. The first kappa shape index (κ1) is 13.1. The van der Waals surface area contributed by atoms with Crippen molar-refractivity contribution < 1.29 is 4.79 Å². The van der Waals surface area contributed by atoms with Gasteiger partial charge in [0.25, 0.3) is 0 Å². The van der Waals surface area contributed by atoms with Crippen molar-refractivity contribution in [3.8, 4) is 0 Å². The summed E-state index contributed by atoms with van der Waals surface area (Å²) in [5, 5.41) is 3.05. The second kappa shape index (κ2) is 6.54. The number of carbonyl (C=O) groups is 1. The Bertz CT molecular complexity index is 380. The van der Waals surface area contributed by atoms with Gasteiger partial charge in [-0.1, -0.05) is 12.8 Å². The molecule has 1 N–H and O–H groups in total. The van der Waals surface area contributed by atoms with E-state index < -0.39 is 0 Å². The van der Waals surface area contributed by atoms with Crippen LogP contribution >= 0.6 is 0 Å². The molecular formula is C13H22N4O. The first-order chi connectivity index (χ1) is 8.79. The zero-order chi connectivity index (χ0) is 12.8. The number of nitrogens with one attached hydrogen (secondary N) is 1. The van der Waals surface area contributed by atoms with Gasteiger partial charge in [0.15, 0.2) is 0 Å².